The van der Waals surface area contributed by atoms with Crippen molar-refractivity contribution in [1.29, 1.82) is 0 Å². The maximum atomic E-state index is 11.7. The first-order valence-electron chi connectivity index (χ1n) is 6.05. The van der Waals surface area contributed by atoms with Crippen LogP contribution >= 0.6 is 0 Å². The van der Waals surface area contributed by atoms with Crippen molar-refractivity contribution in [3.05, 3.63) is 53.6 Å². The van der Waals surface area contributed by atoms with Crippen LogP contribution in [0.4, 0.5) is 0 Å². The predicted octanol–water partition coefficient (Wildman–Crippen LogP) is 3.60. The second-order valence-electron chi connectivity index (χ2n) is 4.53. The molecule has 2 rings (SSSR count). The average Bonchev–Trinajstić information content (AvgIpc) is 2.39. The van der Waals surface area contributed by atoms with Crippen molar-refractivity contribution in [2.24, 2.45) is 0 Å². The van der Waals surface area contributed by atoms with Gasteiger partial charge < -0.3 is 0 Å². The van der Waals surface area contributed by atoms with Crippen molar-refractivity contribution in [3.8, 4) is 11.1 Å². The van der Waals surface area contributed by atoms with Gasteiger partial charge in [0.2, 0.25) is 0 Å². The first kappa shape index (κ1) is 13.7. The predicted molar refractivity (Wildman–Crippen MR) is 79.0 cm³/mol. The molecule has 0 spiro atoms. The van der Waals surface area contributed by atoms with Crippen LogP contribution in [0.25, 0.3) is 11.1 Å². The summed E-state index contributed by atoms with van der Waals surface area (Å²) in [6, 6.07) is 13.3. The van der Waals surface area contributed by atoms with E-state index < -0.39 is 10.8 Å². The molecule has 0 aliphatic rings. The Morgan fingerprint density at radius 2 is 1.74 bits per heavy atom. The third-order valence-corrected chi connectivity index (χ3v) is 4.06. The van der Waals surface area contributed by atoms with Crippen LogP contribution in [-0.4, -0.2) is 16.2 Å². The second kappa shape index (κ2) is 5.49. The van der Waals surface area contributed by atoms with Gasteiger partial charge in [0.1, 0.15) is 0 Å². The van der Waals surface area contributed by atoms with Gasteiger partial charge in [-0.05, 0) is 42.7 Å². The molecule has 0 bridgehead atoms. The lowest BCUT2D eigenvalue weighted by Crippen LogP contribution is -1.98. The van der Waals surface area contributed by atoms with E-state index in [-0.39, 0.29) is 5.78 Å². The van der Waals surface area contributed by atoms with Gasteiger partial charge in [-0.1, -0.05) is 30.3 Å². The van der Waals surface area contributed by atoms with E-state index in [4.69, 9.17) is 0 Å². The first-order chi connectivity index (χ1) is 9.00. The number of aryl methyl sites for hydroxylation is 1. The standard InChI is InChI=1S/C16H16O2S/c1-11-8-9-13(19(3)18)10-16(11)15-7-5-4-6-14(15)12(2)17/h4-10H,1-3H3. The fourth-order valence-corrected chi connectivity index (χ4v) is 2.64. The Labute approximate surface area is 115 Å². The Kier molecular flexibility index (Phi) is 3.96. The fraction of sp³-hybridized carbons (Fsp3) is 0.188. The highest BCUT2D eigenvalue weighted by atomic mass is 32.2. The lowest BCUT2D eigenvalue weighted by molar-refractivity contribution is 0.101. The summed E-state index contributed by atoms with van der Waals surface area (Å²) in [6.45, 7) is 3.56. The van der Waals surface area contributed by atoms with Crippen molar-refractivity contribution >= 4 is 16.6 Å². The third-order valence-electron chi connectivity index (χ3n) is 3.14. The summed E-state index contributed by atoms with van der Waals surface area (Å²) in [5.74, 6) is 0.0398. The summed E-state index contributed by atoms with van der Waals surface area (Å²) in [6.07, 6.45) is 1.66. The monoisotopic (exact) mass is 272 g/mol. The van der Waals surface area contributed by atoms with E-state index in [1.54, 1.807) is 13.2 Å². The Bertz CT molecular complexity index is 660. The molecule has 0 amide bonds. The normalized spacial score (nSPS) is 12.2. The van der Waals surface area contributed by atoms with E-state index in [0.717, 1.165) is 21.6 Å². The molecule has 0 fully saturated rings. The van der Waals surface area contributed by atoms with Crippen LogP contribution in [0.15, 0.2) is 47.4 Å². The van der Waals surface area contributed by atoms with E-state index in [9.17, 15) is 9.00 Å². The smallest absolute Gasteiger partial charge is 0.160 e. The van der Waals surface area contributed by atoms with Crippen LogP contribution in [0, 0.1) is 6.92 Å². The maximum absolute atomic E-state index is 11.7. The molecule has 98 valence electrons. The summed E-state index contributed by atoms with van der Waals surface area (Å²) in [4.78, 5) is 12.5. The average molecular weight is 272 g/mol. The van der Waals surface area contributed by atoms with Gasteiger partial charge in [-0.3, -0.25) is 9.00 Å². The molecule has 1 unspecified atom stereocenters. The molecule has 2 aromatic rings. The summed E-state index contributed by atoms with van der Waals surface area (Å²) in [5, 5.41) is 0. The molecule has 0 N–H and O–H groups in total. The molecule has 0 aliphatic heterocycles. The van der Waals surface area contributed by atoms with Gasteiger partial charge in [0.25, 0.3) is 0 Å². The van der Waals surface area contributed by atoms with Gasteiger partial charge in [0.05, 0.1) is 0 Å². The minimum absolute atomic E-state index is 0.0398. The van der Waals surface area contributed by atoms with Gasteiger partial charge in [-0.25, -0.2) is 0 Å². The third kappa shape index (κ3) is 2.82. The molecule has 0 radical (unpaired) electrons. The number of benzene rings is 2. The zero-order valence-corrected chi connectivity index (χ0v) is 12.1. The van der Waals surface area contributed by atoms with Gasteiger partial charge in [0, 0.05) is 27.5 Å². The minimum atomic E-state index is -1.02. The largest absolute Gasteiger partial charge is 0.294 e. The molecular weight excluding hydrogens is 256 g/mol. The Morgan fingerprint density at radius 3 is 2.37 bits per heavy atom. The van der Waals surface area contributed by atoms with E-state index in [1.165, 1.54) is 0 Å². The van der Waals surface area contributed by atoms with Gasteiger partial charge in [-0.2, -0.15) is 0 Å². The van der Waals surface area contributed by atoms with Gasteiger partial charge in [-0.15, -0.1) is 0 Å². The van der Waals surface area contributed by atoms with E-state index >= 15 is 0 Å². The molecule has 19 heavy (non-hydrogen) atoms. The number of ketones is 1. The molecule has 0 heterocycles. The topological polar surface area (TPSA) is 34.1 Å². The molecular formula is C16H16O2S. The van der Waals surface area contributed by atoms with Crippen molar-refractivity contribution < 1.29 is 9.00 Å². The zero-order valence-electron chi connectivity index (χ0n) is 11.3. The highest BCUT2D eigenvalue weighted by Gasteiger charge is 2.11. The molecule has 2 nitrogen and oxygen atoms in total. The summed E-state index contributed by atoms with van der Waals surface area (Å²) in [5.41, 5.74) is 3.64. The molecule has 0 saturated heterocycles. The van der Waals surface area contributed by atoms with E-state index in [0.29, 0.717) is 5.56 Å². The number of hydrogen-bond acceptors (Lipinski definition) is 2. The van der Waals surface area contributed by atoms with Crippen LogP contribution in [0.2, 0.25) is 0 Å². The van der Waals surface area contributed by atoms with E-state index in [1.807, 2.05) is 49.4 Å². The van der Waals surface area contributed by atoms with E-state index in [2.05, 4.69) is 0 Å². The number of hydrogen-bond donors (Lipinski definition) is 0. The van der Waals surface area contributed by atoms with Gasteiger partial charge >= 0.3 is 0 Å². The fourth-order valence-electron chi connectivity index (χ4n) is 2.10. The lowest BCUT2D eigenvalue weighted by atomic mass is 9.94. The van der Waals surface area contributed by atoms with Crippen molar-refractivity contribution in [1.82, 2.24) is 0 Å². The molecule has 0 saturated carbocycles. The zero-order chi connectivity index (χ0) is 14.0. The molecule has 1 atom stereocenters. The summed E-state index contributed by atoms with van der Waals surface area (Å²) in [7, 11) is -1.02. The highest BCUT2D eigenvalue weighted by molar-refractivity contribution is 7.84. The minimum Gasteiger partial charge on any atom is -0.294 e. The molecule has 2 aromatic carbocycles. The van der Waals surface area contributed by atoms with Crippen molar-refractivity contribution in [2.45, 2.75) is 18.7 Å². The number of Topliss-reactive ketones (excluding diaryl/α,β-unsaturated/α-hetero) is 1. The maximum Gasteiger partial charge on any atom is 0.160 e. The Balaban J connectivity index is 2.68. The van der Waals surface area contributed by atoms with Gasteiger partial charge in [0.15, 0.2) is 5.78 Å². The van der Waals surface area contributed by atoms with Crippen molar-refractivity contribution in [3.63, 3.8) is 0 Å². The molecule has 0 aromatic heterocycles. The lowest BCUT2D eigenvalue weighted by Gasteiger charge is -2.11. The SMILES string of the molecule is CC(=O)c1ccccc1-c1cc(S(C)=O)ccc1C. The quantitative estimate of drug-likeness (QED) is 0.800. The first-order valence-corrected chi connectivity index (χ1v) is 7.61. The van der Waals surface area contributed by atoms with Crippen LogP contribution in [0.5, 0.6) is 0 Å². The summed E-state index contributed by atoms with van der Waals surface area (Å²) < 4.78 is 11.6. The van der Waals surface area contributed by atoms with Crippen LogP contribution < -0.4 is 0 Å². The second-order valence-corrected chi connectivity index (χ2v) is 5.91. The Hall–Kier alpha value is -1.74. The van der Waals surface area contributed by atoms with Crippen LogP contribution in [0.1, 0.15) is 22.8 Å². The summed E-state index contributed by atoms with van der Waals surface area (Å²) >= 11 is 0. The molecule has 3 heteroatoms. The number of carbonyl (C=O) groups excluding carboxylic acids is 1. The van der Waals surface area contributed by atoms with Crippen LogP contribution in [-0.2, 0) is 10.8 Å². The number of carbonyl (C=O) groups is 1. The van der Waals surface area contributed by atoms with Crippen molar-refractivity contribution in [2.75, 3.05) is 6.26 Å². The van der Waals surface area contributed by atoms with Crippen LogP contribution in [0.3, 0.4) is 0 Å². The highest BCUT2D eigenvalue weighted by Crippen LogP contribution is 2.29. The Morgan fingerprint density at radius 1 is 1.05 bits per heavy atom. The molecule has 0 aliphatic carbocycles. The number of rotatable bonds is 3.